The maximum Gasteiger partial charge on any atom is 0.136 e. The standard InChI is InChI=1S/C17H32O2/c1-13(2)8-6-5-7-9-16(18)17-14(3)10-11-15(17)12-19-4/h13-15,17H,5-12H2,1-4H3. The van der Waals surface area contributed by atoms with Crippen molar-refractivity contribution in [2.75, 3.05) is 13.7 Å². The van der Waals surface area contributed by atoms with Crippen LogP contribution in [-0.4, -0.2) is 19.5 Å². The number of hydrogen-bond donors (Lipinski definition) is 0. The Labute approximate surface area is 119 Å². The molecule has 0 bridgehead atoms. The fourth-order valence-electron chi connectivity index (χ4n) is 3.48. The van der Waals surface area contributed by atoms with Gasteiger partial charge < -0.3 is 4.74 Å². The molecule has 2 heteroatoms. The fourth-order valence-corrected chi connectivity index (χ4v) is 3.48. The average Bonchev–Trinajstić information content (AvgIpc) is 2.70. The summed E-state index contributed by atoms with van der Waals surface area (Å²) in [5, 5.41) is 0. The number of methoxy groups -OCH3 is 1. The first-order valence-corrected chi connectivity index (χ1v) is 8.07. The molecule has 0 aromatic rings. The molecular weight excluding hydrogens is 236 g/mol. The van der Waals surface area contributed by atoms with E-state index in [9.17, 15) is 4.79 Å². The second-order valence-electron chi connectivity index (χ2n) is 6.76. The van der Waals surface area contributed by atoms with Crippen LogP contribution < -0.4 is 0 Å². The lowest BCUT2D eigenvalue weighted by Gasteiger charge is -2.21. The first-order chi connectivity index (χ1) is 9.06. The molecule has 3 unspecified atom stereocenters. The highest BCUT2D eigenvalue weighted by atomic mass is 16.5. The number of carbonyl (C=O) groups excluding carboxylic acids is 1. The van der Waals surface area contributed by atoms with Crippen LogP contribution in [0.15, 0.2) is 0 Å². The van der Waals surface area contributed by atoms with Gasteiger partial charge in [-0.05, 0) is 37.0 Å². The number of carbonyl (C=O) groups is 1. The molecule has 0 aliphatic heterocycles. The smallest absolute Gasteiger partial charge is 0.136 e. The third-order valence-corrected chi connectivity index (χ3v) is 4.57. The Morgan fingerprint density at radius 3 is 2.58 bits per heavy atom. The van der Waals surface area contributed by atoms with Crippen molar-refractivity contribution in [3.63, 3.8) is 0 Å². The molecule has 1 aliphatic rings. The zero-order valence-corrected chi connectivity index (χ0v) is 13.3. The number of ether oxygens (including phenoxy) is 1. The van der Waals surface area contributed by atoms with Gasteiger partial charge in [0.25, 0.3) is 0 Å². The normalized spacial score (nSPS) is 27.1. The number of ketones is 1. The molecular formula is C17H32O2. The molecule has 112 valence electrons. The van der Waals surface area contributed by atoms with Gasteiger partial charge in [-0.15, -0.1) is 0 Å². The van der Waals surface area contributed by atoms with Crippen LogP contribution in [0.3, 0.4) is 0 Å². The van der Waals surface area contributed by atoms with Crippen molar-refractivity contribution in [3.05, 3.63) is 0 Å². The van der Waals surface area contributed by atoms with E-state index in [1.807, 2.05) is 0 Å². The molecule has 0 heterocycles. The number of Topliss-reactive ketones (excluding diaryl/α,β-unsaturated/α-hetero) is 1. The largest absolute Gasteiger partial charge is 0.384 e. The molecule has 0 spiro atoms. The summed E-state index contributed by atoms with van der Waals surface area (Å²) in [5.74, 6) is 2.59. The summed E-state index contributed by atoms with van der Waals surface area (Å²) in [6, 6.07) is 0. The lowest BCUT2D eigenvalue weighted by Crippen LogP contribution is -2.26. The van der Waals surface area contributed by atoms with Crippen LogP contribution in [-0.2, 0) is 9.53 Å². The van der Waals surface area contributed by atoms with Crippen molar-refractivity contribution in [2.24, 2.45) is 23.7 Å². The van der Waals surface area contributed by atoms with E-state index >= 15 is 0 Å². The van der Waals surface area contributed by atoms with E-state index in [2.05, 4.69) is 20.8 Å². The number of unbranched alkanes of at least 4 members (excludes halogenated alkanes) is 2. The summed E-state index contributed by atoms with van der Waals surface area (Å²) in [5.41, 5.74) is 0. The van der Waals surface area contributed by atoms with E-state index in [-0.39, 0.29) is 5.92 Å². The summed E-state index contributed by atoms with van der Waals surface area (Å²) < 4.78 is 5.27. The fraction of sp³-hybridized carbons (Fsp3) is 0.941. The third kappa shape index (κ3) is 5.64. The highest BCUT2D eigenvalue weighted by Gasteiger charge is 2.37. The van der Waals surface area contributed by atoms with Gasteiger partial charge in [0.05, 0.1) is 0 Å². The third-order valence-electron chi connectivity index (χ3n) is 4.57. The lowest BCUT2D eigenvalue weighted by atomic mass is 9.85. The Balaban J connectivity index is 2.27. The van der Waals surface area contributed by atoms with Crippen LogP contribution in [0, 0.1) is 23.7 Å². The molecule has 1 aliphatic carbocycles. The van der Waals surface area contributed by atoms with E-state index in [1.54, 1.807) is 7.11 Å². The Hall–Kier alpha value is -0.370. The van der Waals surface area contributed by atoms with Gasteiger partial charge in [0, 0.05) is 26.1 Å². The van der Waals surface area contributed by atoms with Crippen molar-refractivity contribution >= 4 is 5.78 Å². The molecule has 0 aromatic carbocycles. The van der Waals surface area contributed by atoms with Gasteiger partial charge >= 0.3 is 0 Å². The second-order valence-corrected chi connectivity index (χ2v) is 6.76. The lowest BCUT2D eigenvalue weighted by molar-refractivity contribution is -0.125. The molecule has 3 atom stereocenters. The van der Waals surface area contributed by atoms with Gasteiger partial charge in [0.2, 0.25) is 0 Å². The second kappa shape index (κ2) is 8.73. The van der Waals surface area contributed by atoms with Crippen LogP contribution in [0.5, 0.6) is 0 Å². The topological polar surface area (TPSA) is 26.3 Å². The minimum Gasteiger partial charge on any atom is -0.384 e. The predicted molar refractivity (Wildman–Crippen MR) is 80.2 cm³/mol. The Bertz CT molecular complexity index is 258. The average molecular weight is 268 g/mol. The molecule has 1 saturated carbocycles. The Morgan fingerprint density at radius 2 is 1.95 bits per heavy atom. The van der Waals surface area contributed by atoms with E-state index in [0.717, 1.165) is 25.4 Å². The molecule has 1 fully saturated rings. The first kappa shape index (κ1) is 16.7. The molecule has 1 rings (SSSR count). The monoisotopic (exact) mass is 268 g/mol. The van der Waals surface area contributed by atoms with Crippen molar-refractivity contribution in [1.82, 2.24) is 0 Å². The van der Waals surface area contributed by atoms with Crippen molar-refractivity contribution in [3.8, 4) is 0 Å². The van der Waals surface area contributed by atoms with Gasteiger partial charge in [-0.1, -0.05) is 40.0 Å². The summed E-state index contributed by atoms with van der Waals surface area (Å²) in [6.07, 6.45) is 7.99. The highest BCUT2D eigenvalue weighted by molar-refractivity contribution is 5.81. The quantitative estimate of drug-likeness (QED) is 0.577. The molecule has 0 radical (unpaired) electrons. The van der Waals surface area contributed by atoms with Gasteiger partial charge in [-0.2, -0.15) is 0 Å². The van der Waals surface area contributed by atoms with Crippen molar-refractivity contribution < 1.29 is 9.53 Å². The molecule has 19 heavy (non-hydrogen) atoms. The first-order valence-electron chi connectivity index (χ1n) is 8.07. The van der Waals surface area contributed by atoms with Gasteiger partial charge in [0.1, 0.15) is 5.78 Å². The van der Waals surface area contributed by atoms with E-state index in [0.29, 0.717) is 17.6 Å². The maximum atomic E-state index is 12.4. The zero-order chi connectivity index (χ0) is 14.3. The summed E-state index contributed by atoms with van der Waals surface area (Å²) >= 11 is 0. The highest BCUT2D eigenvalue weighted by Crippen LogP contribution is 2.38. The molecule has 0 aromatic heterocycles. The van der Waals surface area contributed by atoms with Crippen LogP contribution in [0.2, 0.25) is 0 Å². The van der Waals surface area contributed by atoms with Crippen LogP contribution in [0.1, 0.15) is 65.7 Å². The van der Waals surface area contributed by atoms with Crippen molar-refractivity contribution in [1.29, 1.82) is 0 Å². The molecule has 0 amide bonds. The van der Waals surface area contributed by atoms with Crippen LogP contribution in [0.25, 0.3) is 0 Å². The zero-order valence-electron chi connectivity index (χ0n) is 13.3. The minimum atomic E-state index is 0.269. The Morgan fingerprint density at radius 1 is 1.21 bits per heavy atom. The van der Waals surface area contributed by atoms with Gasteiger partial charge in [0.15, 0.2) is 0 Å². The van der Waals surface area contributed by atoms with E-state index in [1.165, 1.54) is 32.1 Å². The van der Waals surface area contributed by atoms with Gasteiger partial charge in [-0.25, -0.2) is 0 Å². The maximum absolute atomic E-state index is 12.4. The van der Waals surface area contributed by atoms with E-state index < -0.39 is 0 Å². The predicted octanol–water partition coefficient (Wildman–Crippen LogP) is 4.47. The van der Waals surface area contributed by atoms with Crippen LogP contribution in [0.4, 0.5) is 0 Å². The van der Waals surface area contributed by atoms with Gasteiger partial charge in [-0.3, -0.25) is 4.79 Å². The SMILES string of the molecule is COCC1CCC(C)C1C(=O)CCCCCC(C)C. The summed E-state index contributed by atoms with van der Waals surface area (Å²) in [6.45, 7) is 7.52. The molecule has 0 N–H and O–H groups in total. The van der Waals surface area contributed by atoms with Crippen molar-refractivity contribution in [2.45, 2.75) is 65.7 Å². The number of hydrogen-bond acceptors (Lipinski definition) is 2. The minimum absolute atomic E-state index is 0.269. The summed E-state index contributed by atoms with van der Waals surface area (Å²) in [4.78, 5) is 12.4. The summed E-state index contributed by atoms with van der Waals surface area (Å²) in [7, 11) is 1.75. The van der Waals surface area contributed by atoms with E-state index in [4.69, 9.17) is 4.74 Å². The number of rotatable bonds is 9. The van der Waals surface area contributed by atoms with Crippen LogP contribution >= 0.6 is 0 Å². The molecule has 2 nitrogen and oxygen atoms in total. The molecule has 0 saturated heterocycles. The Kier molecular flexibility index (Phi) is 7.67.